The van der Waals surface area contributed by atoms with Gasteiger partial charge in [0.2, 0.25) is 0 Å². The smallest absolute Gasteiger partial charge is 0.0186 e. The lowest BCUT2D eigenvalue weighted by atomic mass is 10.0. The zero-order valence-electron chi connectivity index (χ0n) is 8.55. The van der Waals surface area contributed by atoms with Gasteiger partial charge in [-0.1, -0.05) is 41.1 Å². The van der Waals surface area contributed by atoms with Crippen molar-refractivity contribution in [1.82, 2.24) is 0 Å². The Morgan fingerprint density at radius 3 is 2.00 bits per heavy atom. The van der Waals surface area contributed by atoms with E-state index in [4.69, 9.17) is 0 Å². The number of hydrogen-bond donors (Lipinski definition) is 1. The first-order valence-electron chi connectivity index (χ1n) is 5.11. The van der Waals surface area contributed by atoms with Crippen LogP contribution in [0.1, 0.15) is 0 Å². The molecule has 3 rings (SSSR count). The maximum absolute atomic E-state index is 4.23. The summed E-state index contributed by atoms with van der Waals surface area (Å²) in [6, 6.07) is 19.4. The van der Waals surface area contributed by atoms with Gasteiger partial charge in [-0.05, 0) is 45.8 Å². The highest BCUT2D eigenvalue weighted by Gasteiger charge is 1.98. The average Bonchev–Trinajstić information content (AvgIpc) is 2.35. The van der Waals surface area contributed by atoms with Crippen LogP contribution in [0.25, 0.3) is 21.5 Å². The van der Waals surface area contributed by atoms with Crippen molar-refractivity contribution in [2.24, 2.45) is 0 Å². The Labute approximate surface area is 103 Å². The van der Waals surface area contributed by atoms with Crippen molar-refractivity contribution in [2.45, 2.75) is 4.90 Å². The van der Waals surface area contributed by atoms with E-state index in [1.165, 1.54) is 37.2 Å². The fourth-order valence-electron chi connectivity index (χ4n) is 1.97. The Hall–Kier alpha value is -1.12. The van der Waals surface area contributed by atoms with Gasteiger partial charge in [0.15, 0.2) is 0 Å². The lowest BCUT2D eigenvalue weighted by Gasteiger charge is -2.03. The van der Waals surface area contributed by atoms with Crippen LogP contribution in [0, 0.1) is 0 Å². The second kappa shape index (κ2) is 4.04. The first kappa shape index (κ1) is 10.1. The van der Waals surface area contributed by atoms with Crippen LogP contribution in [0.4, 0.5) is 0 Å². The predicted octanol–water partition coefficient (Wildman–Crippen LogP) is 4.93. The predicted molar refractivity (Wildman–Crippen MR) is 76.3 cm³/mol. The van der Waals surface area contributed by atoms with Crippen molar-refractivity contribution in [3.05, 3.63) is 54.6 Å². The second-order valence-corrected chi connectivity index (χ2v) is 5.00. The van der Waals surface area contributed by atoms with Crippen LogP contribution in [0.5, 0.6) is 0 Å². The van der Waals surface area contributed by atoms with Crippen LogP contribution in [0.3, 0.4) is 0 Å². The number of rotatable bonds is 1. The van der Waals surface area contributed by atoms with Crippen LogP contribution < -0.4 is 0 Å². The Balaban J connectivity index is 2.37. The summed E-state index contributed by atoms with van der Waals surface area (Å²) in [7, 11) is 1.48. The van der Waals surface area contributed by atoms with Crippen molar-refractivity contribution in [1.29, 1.82) is 0 Å². The van der Waals surface area contributed by atoms with Crippen molar-refractivity contribution in [3.63, 3.8) is 0 Å². The number of thiol groups is 1. The lowest BCUT2D eigenvalue weighted by molar-refractivity contribution is 1.53. The summed E-state index contributed by atoms with van der Waals surface area (Å²) in [6.07, 6.45) is 0. The third kappa shape index (κ3) is 1.68. The highest BCUT2D eigenvalue weighted by molar-refractivity contribution is 8.68. The van der Waals surface area contributed by atoms with Crippen LogP contribution in [0.2, 0.25) is 0 Å². The van der Waals surface area contributed by atoms with Crippen LogP contribution in [0.15, 0.2) is 59.5 Å². The molecular formula is C14H10S2. The van der Waals surface area contributed by atoms with Crippen molar-refractivity contribution in [2.75, 3.05) is 0 Å². The molecule has 0 heterocycles. The number of benzene rings is 3. The minimum Gasteiger partial charge on any atom is -0.106 e. The molecule has 0 aromatic heterocycles. The summed E-state index contributed by atoms with van der Waals surface area (Å²) in [5.74, 6) is 0. The molecule has 0 bridgehead atoms. The van der Waals surface area contributed by atoms with Gasteiger partial charge in [0.25, 0.3) is 0 Å². The third-order valence-corrected chi connectivity index (χ3v) is 3.88. The molecule has 0 saturated carbocycles. The van der Waals surface area contributed by atoms with Gasteiger partial charge < -0.3 is 0 Å². The highest BCUT2D eigenvalue weighted by atomic mass is 33.1. The second-order valence-electron chi connectivity index (χ2n) is 3.80. The summed E-state index contributed by atoms with van der Waals surface area (Å²) in [6.45, 7) is 0. The van der Waals surface area contributed by atoms with E-state index in [0.29, 0.717) is 0 Å². The van der Waals surface area contributed by atoms with Crippen LogP contribution >= 0.6 is 22.5 Å². The van der Waals surface area contributed by atoms with Crippen molar-refractivity contribution < 1.29 is 0 Å². The molecule has 0 unspecified atom stereocenters. The molecule has 0 aliphatic rings. The van der Waals surface area contributed by atoms with E-state index in [0.717, 1.165) is 0 Å². The monoisotopic (exact) mass is 242 g/mol. The standard InChI is InChI=1S/C14H10S2/c15-16-14-6-5-12-7-10-3-1-2-4-11(10)8-13(12)9-14/h1-9,15H. The first-order valence-corrected chi connectivity index (χ1v) is 6.98. The Morgan fingerprint density at radius 2 is 1.31 bits per heavy atom. The molecule has 2 heteroatoms. The molecule has 0 aliphatic carbocycles. The van der Waals surface area contributed by atoms with Crippen molar-refractivity contribution >= 4 is 44.0 Å². The quantitative estimate of drug-likeness (QED) is 0.358. The molecule has 0 radical (unpaired) electrons. The van der Waals surface area contributed by atoms with Gasteiger partial charge in [-0.15, -0.1) is 11.7 Å². The van der Waals surface area contributed by atoms with Gasteiger partial charge in [0.05, 0.1) is 0 Å². The first-order chi connectivity index (χ1) is 7.86. The summed E-state index contributed by atoms with van der Waals surface area (Å²) in [5, 5.41) is 5.14. The fraction of sp³-hybridized carbons (Fsp3) is 0. The van der Waals surface area contributed by atoms with Gasteiger partial charge in [-0.3, -0.25) is 0 Å². The maximum Gasteiger partial charge on any atom is 0.0186 e. The normalized spacial score (nSPS) is 11.1. The molecule has 3 aromatic carbocycles. The topological polar surface area (TPSA) is 0 Å². The molecule has 0 fully saturated rings. The largest absolute Gasteiger partial charge is 0.106 e. The summed E-state index contributed by atoms with van der Waals surface area (Å²) < 4.78 is 0. The molecule has 0 saturated heterocycles. The van der Waals surface area contributed by atoms with E-state index in [-0.39, 0.29) is 0 Å². The van der Waals surface area contributed by atoms with Gasteiger partial charge in [-0.2, -0.15) is 0 Å². The molecular weight excluding hydrogens is 232 g/mol. The summed E-state index contributed by atoms with van der Waals surface area (Å²) in [5.41, 5.74) is 0. The SMILES string of the molecule is SSc1ccc2cc3ccccc3cc2c1. The third-order valence-electron chi connectivity index (χ3n) is 2.78. The summed E-state index contributed by atoms with van der Waals surface area (Å²) in [4.78, 5) is 1.19. The Morgan fingerprint density at radius 1 is 0.688 bits per heavy atom. The molecule has 16 heavy (non-hydrogen) atoms. The molecule has 0 aliphatic heterocycles. The van der Waals surface area contributed by atoms with E-state index in [2.05, 4.69) is 66.3 Å². The lowest BCUT2D eigenvalue weighted by Crippen LogP contribution is -1.76. The van der Waals surface area contributed by atoms with E-state index in [1.54, 1.807) is 0 Å². The van der Waals surface area contributed by atoms with Gasteiger partial charge in [-0.25, -0.2) is 0 Å². The number of fused-ring (bicyclic) bond motifs is 2. The van der Waals surface area contributed by atoms with E-state index in [9.17, 15) is 0 Å². The van der Waals surface area contributed by atoms with E-state index >= 15 is 0 Å². The highest BCUT2D eigenvalue weighted by Crippen LogP contribution is 2.28. The molecule has 0 nitrogen and oxygen atoms in total. The molecule has 0 spiro atoms. The van der Waals surface area contributed by atoms with E-state index < -0.39 is 0 Å². The minimum atomic E-state index is 1.19. The molecule has 78 valence electrons. The minimum absolute atomic E-state index is 1.19. The Kier molecular flexibility index (Phi) is 2.54. The number of hydrogen-bond acceptors (Lipinski definition) is 2. The fourth-order valence-corrected chi connectivity index (χ4v) is 2.62. The molecule has 0 N–H and O–H groups in total. The summed E-state index contributed by atoms with van der Waals surface area (Å²) >= 11 is 4.23. The maximum atomic E-state index is 4.23. The zero-order chi connectivity index (χ0) is 11.0. The molecule has 0 amide bonds. The zero-order valence-corrected chi connectivity index (χ0v) is 10.3. The molecule has 0 atom stereocenters. The van der Waals surface area contributed by atoms with Gasteiger partial charge in [0, 0.05) is 4.90 Å². The van der Waals surface area contributed by atoms with E-state index in [1.807, 2.05) is 0 Å². The molecule has 3 aromatic rings. The van der Waals surface area contributed by atoms with Gasteiger partial charge in [0.1, 0.15) is 0 Å². The van der Waals surface area contributed by atoms with Gasteiger partial charge >= 0.3 is 0 Å². The Bertz CT molecular complexity index is 659. The van der Waals surface area contributed by atoms with Crippen LogP contribution in [-0.2, 0) is 0 Å². The average molecular weight is 242 g/mol. The van der Waals surface area contributed by atoms with Crippen LogP contribution in [-0.4, -0.2) is 0 Å². The van der Waals surface area contributed by atoms with Crippen molar-refractivity contribution in [3.8, 4) is 0 Å².